The summed E-state index contributed by atoms with van der Waals surface area (Å²) in [4.78, 5) is 0. The van der Waals surface area contributed by atoms with Crippen molar-refractivity contribution in [1.29, 1.82) is 0 Å². The van der Waals surface area contributed by atoms with Gasteiger partial charge in [0.05, 0.1) is 12.7 Å². The Labute approximate surface area is 120 Å². The average Bonchev–Trinajstić information content (AvgIpc) is 2.90. The lowest BCUT2D eigenvalue weighted by atomic mass is 10.1. The molecule has 1 heterocycles. The second kappa shape index (κ2) is 7.73. The standard InChI is InChI=1S/C15H22ClNO2/c16-13-5-6-15(12(11-13)7-8-17)19-10-2-4-14-3-1-9-18-14/h5-6,11,14H,1-4,7-10,17H2. The molecular weight excluding hydrogens is 262 g/mol. The van der Waals surface area contributed by atoms with E-state index in [0.717, 1.165) is 48.8 Å². The van der Waals surface area contributed by atoms with Gasteiger partial charge >= 0.3 is 0 Å². The number of hydrogen-bond acceptors (Lipinski definition) is 3. The minimum atomic E-state index is 0.442. The number of halogens is 1. The molecule has 1 unspecified atom stereocenters. The van der Waals surface area contributed by atoms with Gasteiger partial charge in [0.25, 0.3) is 0 Å². The molecule has 1 aliphatic heterocycles. The Hall–Kier alpha value is -0.770. The molecular formula is C15H22ClNO2. The molecule has 4 heteroatoms. The molecule has 0 aromatic heterocycles. The van der Waals surface area contributed by atoms with Gasteiger partial charge in [0.2, 0.25) is 0 Å². The third-order valence-electron chi connectivity index (χ3n) is 3.39. The van der Waals surface area contributed by atoms with Crippen molar-refractivity contribution in [3.8, 4) is 5.75 Å². The summed E-state index contributed by atoms with van der Waals surface area (Å²) in [6.45, 7) is 2.25. The van der Waals surface area contributed by atoms with Crippen molar-refractivity contribution in [2.45, 2.75) is 38.2 Å². The van der Waals surface area contributed by atoms with Crippen molar-refractivity contribution < 1.29 is 9.47 Å². The molecule has 0 bridgehead atoms. The highest BCUT2D eigenvalue weighted by Crippen LogP contribution is 2.24. The van der Waals surface area contributed by atoms with Gasteiger partial charge in [-0.25, -0.2) is 0 Å². The second-order valence-corrected chi connectivity index (χ2v) is 5.35. The van der Waals surface area contributed by atoms with Crippen molar-refractivity contribution in [2.75, 3.05) is 19.8 Å². The Morgan fingerprint density at radius 1 is 1.42 bits per heavy atom. The van der Waals surface area contributed by atoms with Gasteiger partial charge in [-0.05, 0) is 62.4 Å². The molecule has 2 rings (SSSR count). The van der Waals surface area contributed by atoms with E-state index in [1.807, 2.05) is 18.2 Å². The third-order valence-corrected chi connectivity index (χ3v) is 3.62. The fourth-order valence-corrected chi connectivity index (χ4v) is 2.60. The van der Waals surface area contributed by atoms with Crippen LogP contribution in [-0.4, -0.2) is 25.9 Å². The molecule has 1 saturated heterocycles. The van der Waals surface area contributed by atoms with Crippen LogP contribution in [0.3, 0.4) is 0 Å². The largest absolute Gasteiger partial charge is 0.493 e. The van der Waals surface area contributed by atoms with Gasteiger partial charge in [-0.1, -0.05) is 11.6 Å². The number of rotatable bonds is 7. The molecule has 3 nitrogen and oxygen atoms in total. The first kappa shape index (κ1) is 14.6. The van der Waals surface area contributed by atoms with E-state index in [1.54, 1.807) is 0 Å². The Morgan fingerprint density at radius 3 is 3.05 bits per heavy atom. The fraction of sp³-hybridized carbons (Fsp3) is 0.600. The van der Waals surface area contributed by atoms with Gasteiger partial charge in [0, 0.05) is 11.6 Å². The lowest BCUT2D eigenvalue weighted by Gasteiger charge is -2.13. The number of nitrogens with two attached hydrogens (primary N) is 1. The van der Waals surface area contributed by atoms with E-state index in [1.165, 1.54) is 12.8 Å². The molecule has 1 fully saturated rings. The third kappa shape index (κ3) is 4.68. The first-order valence-corrected chi connectivity index (χ1v) is 7.40. The molecule has 1 aromatic rings. The SMILES string of the molecule is NCCc1cc(Cl)ccc1OCCCC1CCCO1. The van der Waals surface area contributed by atoms with Crippen molar-refractivity contribution in [3.63, 3.8) is 0 Å². The van der Waals surface area contributed by atoms with E-state index in [2.05, 4.69) is 0 Å². The Bertz CT molecular complexity index is 392. The Balaban J connectivity index is 1.77. The van der Waals surface area contributed by atoms with Crippen LogP contribution in [0.5, 0.6) is 5.75 Å². The molecule has 0 aliphatic carbocycles. The summed E-state index contributed by atoms with van der Waals surface area (Å²) >= 11 is 5.99. The Kier molecular flexibility index (Phi) is 5.95. The van der Waals surface area contributed by atoms with Crippen molar-refractivity contribution in [2.24, 2.45) is 5.73 Å². The van der Waals surface area contributed by atoms with Crippen LogP contribution in [0.1, 0.15) is 31.2 Å². The van der Waals surface area contributed by atoms with E-state index in [-0.39, 0.29) is 0 Å². The van der Waals surface area contributed by atoms with Crippen LogP contribution in [0, 0.1) is 0 Å². The summed E-state index contributed by atoms with van der Waals surface area (Å²) in [5.74, 6) is 0.905. The smallest absolute Gasteiger partial charge is 0.122 e. The second-order valence-electron chi connectivity index (χ2n) is 4.92. The molecule has 0 saturated carbocycles. The molecule has 0 spiro atoms. The highest BCUT2D eigenvalue weighted by atomic mass is 35.5. The van der Waals surface area contributed by atoms with Crippen molar-refractivity contribution >= 4 is 11.6 Å². The molecule has 2 N–H and O–H groups in total. The summed E-state index contributed by atoms with van der Waals surface area (Å²) in [6.07, 6.45) is 5.73. The topological polar surface area (TPSA) is 44.5 Å². The van der Waals surface area contributed by atoms with Crippen LogP contribution in [0.25, 0.3) is 0 Å². The van der Waals surface area contributed by atoms with Crippen LogP contribution in [0.4, 0.5) is 0 Å². The van der Waals surface area contributed by atoms with Crippen molar-refractivity contribution in [1.82, 2.24) is 0 Å². The molecule has 106 valence electrons. The van der Waals surface area contributed by atoms with Gasteiger partial charge in [-0.2, -0.15) is 0 Å². The van der Waals surface area contributed by atoms with E-state index < -0.39 is 0 Å². The molecule has 0 radical (unpaired) electrons. The summed E-state index contributed by atoms with van der Waals surface area (Å²) < 4.78 is 11.4. The summed E-state index contributed by atoms with van der Waals surface area (Å²) in [7, 11) is 0. The van der Waals surface area contributed by atoms with Crippen LogP contribution >= 0.6 is 11.6 Å². The average molecular weight is 284 g/mol. The van der Waals surface area contributed by atoms with Gasteiger partial charge in [-0.3, -0.25) is 0 Å². The predicted octanol–water partition coefficient (Wildman–Crippen LogP) is 3.18. The lowest BCUT2D eigenvalue weighted by Crippen LogP contribution is -2.09. The highest BCUT2D eigenvalue weighted by Gasteiger charge is 2.14. The van der Waals surface area contributed by atoms with Crippen LogP contribution < -0.4 is 10.5 Å². The Morgan fingerprint density at radius 2 is 2.32 bits per heavy atom. The fourth-order valence-electron chi connectivity index (χ4n) is 2.40. The number of ether oxygens (including phenoxy) is 2. The monoisotopic (exact) mass is 283 g/mol. The van der Waals surface area contributed by atoms with Gasteiger partial charge in [0.1, 0.15) is 5.75 Å². The van der Waals surface area contributed by atoms with Gasteiger partial charge < -0.3 is 15.2 Å². The summed E-state index contributed by atoms with van der Waals surface area (Å²) in [5.41, 5.74) is 6.69. The summed E-state index contributed by atoms with van der Waals surface area (Å²) in [6, 6.07) is 5.72. The van der Waals surface area contributed by atoms with E-state index in [0.29, 0.717) is 12.6 Å². The van der Waals surface area contributed by atoms with Crippen molar-refractivity contribution in [3.05, 3.63) is 28.8 Å². The van der Waals surface area contributed by atoms with Gasteiger partial charge in [0.15, 0.2) is 0 Å². The molecule has 0 amide bonds. The lowest BCUT2D eigenvalue weighted by molar-refractivity contribution is 0.0981. The highest BCUT2D eigenvalue weighted by molar-refractivity contribution is 6.30. The maximum absolute atomic E-state index is 5.99. The zero-order chi connectivity index (χ0) is 13.5. The van der Waals surface area contributed by atoms with Crippen LogP contribution in [-0.2, 0) is 11.2 Å². The molecule has 1 atom stereocenters. The van der Waals surface area contributed by atoms with E-state index in [9.17, 15) is 0 Å². The maximum atomic E-state index is 5.99. The van der Waals surface area contributed by atoms with Crippen LogP contribution in [0.2, 0.25) is 5.02 Å². The quantitative estimate of drug-likeness (QED) is 0.782. The summed E-state index contributed by atoms with van der Waals surface area (Å²) in [5, 5.41) is 0.732. The first-order chi connectivity index (χ1) is 9.29. The zero-order valence-electron chi connectivity index (χ0n) is 11.2. The molecule has 19 heavy (non-hydrogen) atoms. The number of benzene rings is 1. The molecule has 1 aliphatic rings. The first-order valence-electron chi connectivity index (χ1n) is 7.02. The predicted molar refractivity (Wildman–Crippen MR) is 77.9 cm³/mol. The van der Waals surface area contributed by atoms with Gasteiger partial charge in [-0.15, -0.1) is 0 Å². The van der Waals surface area contributed by atoms with E-state index in [4.69, 9.17) is 26.8 Å². The minimum absolute atomic E-state index is 0.442. The minimum Gasteiger partial charge on any atom is -0.493 e. The maximum Gasteiger partial charge on any atom is 0.122 e. The van der Waals surface area contributed by atoms with E-state index >= 15 is 0 Å². The number of hydrogen-bond donors (Lipinski definition) is 1. The molecule has 1 aromatic carbocycles. The zero-order valence-corrected chi connectivity index (χ0v) is 12.0. The normalized spacial score (nSPS) is 18.7. The van der Waals surface area contributed by atoms with Crippen LogP contribution in [0.15, 0.2) is 18.2 Å².